The van der Waals surface area contributed by atoms with E-state index >= 15 is 0 Å². The van der Waals surface area contributed by atoms with Crippen molar-refractivity contribution in [3.8, 4) is 0 Å². The Labute approximate surface area is 177 Å². The molecule has 0 radical (unpaired) electrons. The van der Waals surface area contributed by atoms with Gasteiger partial charge in [-0.05, 0) is 30.3 Å². The molecule has 0 unspecified atom stereocenters. The quantitative estimate of drug-likeness (QED) is 0.417. The third-order valence-corrected chi connectivity index (χ3v) is 5.77. The van der Waals surface area contributed by atoms with Gasteiger partial charge in [-0.3, -0.25) is 9.59 Å². The van der Waals surface area contributed by atoms with Crippen LogP contribution in [-0.4, -0.2) is 34.0 Å². The Balaban J connectivity index is 1.87. The van der Waals surface area contributed by atoms with Gasteiger partial charge < -0.3 is 9.47 Å². The molecule has 3 aromatic rings. The Morgan fingerprint density at radius 3 is 2.57 bits per heavy atom. The SMILES string of the molecule is CN(C(=O)CSc1nccn1C)c1ccc(Cl)cc1C(=O)c1ccccc1Cl. The van der Waals surface area contributed by atoms with Crippen molar-refractivity contribution in [2.24, 2.45) is 7.05 Å². The summed E-state index contributed by atoms with van der Waals surface area (Å²) in [4.78, 5) is 31.4. The number of carbonyl (C=O) groups is 2. The average Bonchev–Trinajstić information content (AvgIpc) is 3.10. The van der Waals surface area contributed by atoms with Gasteiger partial charge in [0.15, 0.2) is 10.9 Å². The Morgan fingerprint density at radius 1 is 1.14 bits per heavy atom. The van der Waals surface area contributed by atoms with Crippen LogP contribution in [0.1, 0.15) is 15.9 Å². The second-order valence-electron chi connectivity index (χ2n) is 6.03. The molecule has 28 heavy (non-hydrogen) atoms. The molecule has 0 atom stereocenters. The molecule has 5 nitrogen and oxygen atoms in total. The summed E-state index contributed by atoms with van der Waals surface area (Å²) in [5.74, 6) is -0.271. The predicted molar refractivity (Wildman–Crippen MR) is 114 cm³/mol. The molecule has 1 amide bonds. The number of amides is 1. The van der Waals surface area contributed by atoms with Crippen molar-refractivity contribution in [2.45, 2.75) is 5.16 Å². The lowest BCUT2D eigenvalue weighted by Crippen LogP contribution is -2.29. The normalized spacial score (nSPS) is 10.7. The van der Waals surface area contributed by atoms with E-state index in [-0.39, 0.29) is 17.4 Å². The smallest absolute Gasteiger partial charge is 0.237 e. The number of nitrogens with zero attached hydrogens (tertiary/aromatic N) is 3. The zero-order chi connectivity index (χ0) is 20.3. The lowest BCUT2D eigenvalue weighted by atomic mass is 10.0. The van der Waals surface area contributed by atoms with Crippen LogP contribution >= 0.6 is 35.0 Å². The first-order valence-corrected chi connectivity index (χ1v) is 10.1. The molecule has 1 heterocycles. The summed E-state index contributed by atoms with van der Waals surface area (Å²) in [5, 5.41) is 1.49. The third-order valence-electron chi connectivity index (χ3n) is 4.16. The molecular weight excluding hydrogens is 417 g/mol. The number of benzene rings is 2. The highest BCUT2D eigenvalue weighted by Gasteiger charge is 2.22. The zero-order valence-electron chi connectivity index (χ0n) is 15.2. The van der Waals surface area contributed by atoms with E-state index < -0.39 is 0 Å². The first-order chi connectivity index (χ1) is 13.4. The van der Waals surface area contributed by atoms with Crippen LogP contribution in [0.2, 0.25) is 10.0 Å². The van der Waals surface area contributed by atoms with Crippen molar-refractivity contribution >= 4 is 52.3 Å². The molecule has 144 valence electrons. The minimum absolute atomic E-state index is 0.163. The van der Waals surface area contributed by atoms with E-state index in [0.717, 1.165) is 5.16 Å². The van der Waals surface area contributed by atoms with Crippen LogP contribution in [0.3, 0.4) is 0 Å². The lowest BCUT2D eigenvalue weighted by Gasteiger charge is -2.20. The van der Waals surface area contributed by atoms with E-state index in [1.807, 2.05) is 17.8 Å². The predicted octanol–water partition coefficient (Wildman–Crippen LogP) is 4.71. The summed E-state index contributed by atoms with van der Waals surface area (Å²) in [5.41, 5.74) is 1.15. The Kier molecular flexibility index (Phi) is 6.44. The highest BCUT2D eigenvalue weighted by Crippen LogP contribution is 2.29. The van der Waals surface area contributed by atoms with E-state index in [0.29, 0.717) is 26.9 Å². The van der Waals surface area contributed by atoms with Gasteiger partial charge in [-0.1, -0.05) is 47.1 Å². The monoisotopic (exact) mass is 433 g/mol. The molecule has 0 fully saturated rings. The van der Waals surface area contributed by atoms with Crippen LogP contribution < -0.4 is 4.90 Å². The molecule has 0 aliphatic carbocycles. The van der Waals surface area contributed by atoms with Crippen molar-refractivity contribution in [3.63, 3.8) is 0 Å². The van der Waals surface area contributed by atoms with Crippen LogP contribution in [0.5, 0.6) is 0 Å². The number of ketones is 1. The molecule has 0 saturated carbocycles. The first kappa shape index (κ1) is 20.5. The minimum Gasteiger partial charge on any atom is -0.329 e. The fourth-order valence-electron chi connectivity index (χ4n) is 2.62. The van der Waals surface area contributed by atoms with Gasteiger partial charge in [0.1, 0.15) is 0 Å². The summed E-state index contributed by atoms with van der Waals surface area (Å²) in [7, 11) is 3.50. The molecule has 0 N–H and O–H groups in total. The number of imidazole rings is 1. The van der Waals surface area contributed by atoms with Crippen molar-refractivity contribution < 1.29 is 9.59 Å². The molecule has 0 spiro atoms. The van der Waals surface area contributed by atoms with Gasteiger partial charge in [0, 0.05) is 42.6 Å². The number of aryl methyl sites for hydroxylation is 1. The van der Waals surface area contributed by atoms with Gasteiger partial charge >= 0.3 is 0 Å². The van der Waals surface area contributed by atoms with Crippen molar-refractivity contribution in [1.29, 1.82) is 0 Å². The van der Waals surface area contributed by atoms with Crippen LogP contribution in [0.4, 0.5) is 5.69 Å². The average molecular weight is 434 g/mol. The largest absolute Gasteiger partial charge is 0.329 e. The van der Waals surface area contributed by atoms with E-state index in [1.54, 1.807) is 55.7 Å². The van der Waals surface area contributed by atoms with Gasteiger partial charge in [-0.15, -0.1) is 0 Å². The van der Waals surface area contributed by atoms with Crippen LogP contribution in [0.25, 0.3) is 0 Å². The maximum absolute atomic E-state index is 13.1. The number of hydrogen-bond acceptors (Lipinski definition) is 4. The van der Waals surface area contributed by atoms with Gasteiger partial charge in [0.05, 0.1) is 16.5 Å². The number of hydrogen-bond donors (Lipinski definition) is 0. The number of carbonyl (C=O) groups excluding carboxylic acids is 2. The summed E-state index contributed by atoms with van der Waals surface area (Å²) < 4.78 is 1.84. The van der Waals surface area contributed by atoms with Gasteiger partial charge in [-0.25, -0.2) is 4.98 Å². The number of aromatic nitrogens is 2. The van der Waals surface area contributed by atoms with Crippen molar-refractivity contribution in [2.75, 3.05) is 17.7 Å². The maximum atomic E-state index is 13.1. The van der Waals surface area contributed by atoms with Crippen LogP contribution in [0, 0.1) is 0 Å². The number of rotatable bonds is 6. The molecular formula is C20H17Cl2N3O2S. The third kappa shape index (κ3) is 4.41. The number of thioether (sulfide) groups is 1. The summed E-state index contributed by atoms with van der Waals surface area (Å²) in [6, 6.07) is 11.7. The zero-order valence-corrected chi connectivity index (χ0v) is 17.6. The molecule has 0 saturated heterocycles. The van der Waals surface area contributed by atoms with E-state index in [4.69, 9.17) is 23.2 Å². The summed E-state index contributed by atoms with van der Waals surface area (Å²) in [6.45, 7) is 0. The van der Waals surface area contributed by atoms with Gasteiger partial charge in [0.25, 0.3) is 0 Å². The summed E-state index contributed by atoms with van der Waals surface area (Å²) >= 11 is 13.6. The Morgan fingerprint density at radius 2 is 1.89 bits per heavy atom. The molecule has 1 aromatic heterocycles. The van der Waals surface area contributed by atoms with E-state index in [9.17, 15) is 9.59 Å². The van der Waals surface area contributed by atoms with Gasteiger partial charge in [-0.2, -0.15) is 0 Å². The molecule has 0 aliphatic rings. The van der Waals surface area contributed by atoms with Crippen LogP contribution in [0.15, 0.2) is 60.0 Å². The fraction of sp³-hybridized carbons (Fsp3) is 0.150. The first-order valence-electron chi connectivity index (χ1n) is 8.34. The molecule has 0 aliphatic heterocycles. The second kappa shape index (κ2) is 8.82. The Hall–Kier alpha value is -2.28. The maximum Gasteiger partial charge on any atom is 0.237 e. The van der Waals surface area contributed by atoms with Crippen molar-refractivity contribution in [3.05, 3.63) is 76.0 Å². The van der Waals surface area contributed by atoms with Gasteiger partial charge in [0.2, 0.25) is 5.91 Å². The fourth-order valence-corrected chi connectivity index (χ4v) is 3.86. The second-order valence-corrected chi connectivity index (χ2v) is 7.82. The summed E-state index contributed by atoms with van der Waals surface area (Å²) in [6.07, 6.45) is 3.49. The molecule has 0 bridgehead atoms. The number of halogens is 2. The van der Waals surface area contributed by atoms with Crippen LogP contribution in [-0.2, 0) is 11.8 Å². The highest BCUT2D eigenvalue weighted by atomic mass is 35.5. The molecule has 8 heteroatoms. The van der Waals surface area contributed by atoms with E-state index in [1.165, 1.54) is 16.7 Å². The highest BCUT2D eigenvalue weighted by molar-refractivity contribution is 7.99. The van der Waals surface area contributed by atoms with Crippen molar-refractivity contribution in [1.82, 2.24) is 9.55 Å². The number of anilines is 1. The minimum atomic E-state index is -0.292. The Bertz CT molecular complexity index is 1040. The topological polar surface area (TPSA) is 55.2 Å². The standard InChI is InChI=1S/C20H17Cl2N3O2S/c1-24-10-9-23-20(24)28-12-18(26)25(2)17-8-7-13(21)11-15(17)19(27)14-5-3-4-6-16(14)22/h3-11H,12H2,1-2H3. The lowest BCUT2D eigenvalue weighted by molar-refractivity contribution is -0.115. The molecule has 2 aromatic carbocycles. The van der Waals surface area contributed by atoms with E-state index in [2.05, 4.69) is 4.98 Å². The molecule has 3 rings (SSSR count).